The Morgan fingerprint density at radius 1 is 1.40 bits per heavy atom. The van der Waals surface area contributed by atoms with Crippen LogP contribution >= 0.6 is 0 Å². The summed E-state index contributed by atoms with van der Waals surface area (Å²) in [4.78, 5) is 12.2. The zero-order valence-corrected chi connectivity index (χ0v) is 9.10. The first-order chi connectivity index (χ1) is 6.76. The lowest BCUT2D eigenvalue weighted by atomic mass is 10.2. The van der Waals surface area contributed by atoms with Gasteiger partial charge in [-0.1, -0.05) is 0 Å². The van der Waals surface area contributed by atoms with E-state index in [4.69, 9.17) is 0 Å². The zero-order valence-electron chi connectivity index (χ0n) is 9.10. The van der Waals surface area contributed by atoms with Crippen molar-refractivity contribution in [2.75, 3.05) is 26.8 Å². The number of hydrogen-bond donors (Lipinski definition) is 0. The lowest BCUT2D eigenvalue weighted by molar-refractivity contribution is -0.152. The second-order valence-corrected chi connectivity index (χ2v) is 3.59. The van der Waals surface area contributed by atoms with Gasteiger partial charge in [0.15, 0.2) is 5.78 Å². The molecule has 0 radical (unpaired) electrons. The van der Waals surface area contributed by atoms with Gasteiger partial charge in [0.1, 0.15) is 6.61 Å². The van der Waals surface area contributed by atoms with Gasteiger partial charge in [-0.25, -0.2) is 0 Å². The van der Waals surface area contributed by atoms with Crippen LogP contribution in [0.5, 0.6) is 0 Å². The van der Waals surface area contributed by atoms with E-state index in [1.807, 2.05) is 0 Å². The molecule has 0 aromatic heterocycles. The van der Waals surface area contributed by atoms with E-state index >= 15 is 0 Å². The predicted octanol–water partition coefficient (Wildman–Crippen LogP) is 1.47. The number of Topliss-reactive ketones (excluding diaryl/α,β-unsaturated/α-hetero) is 1. The van der Waals surface area contributed by atoms with E-state index in [1.54, 1.807) is 13.8 Å². The predicted molar refractivity (Wildman–Crippen MR) is 49.6 cm³/mol. The second-order valence-electron chi connectivity index (χ2n) is 3.59. The largest absolute Gasteiger partial charge is 0.401 e. The van der Waals surface area contributed by atoms with Gasteiger partial charge in [-0.15, -0.1) is 0 Å². The molecule has 0 fully saturated rings. The number of rotatable bonds is 6. The van der Waals surface area contributed by atoms with Crippen molar-refractivity contribution in [2.45, 2.75) is 26.1 Å². The highest BCUT2D eigenvalue weighted by Crippen LogP contribution is 2.17. The minimum atomic E-state index is -4.28. The lowest BCUT2D eigenvalue weighted by Crippen LogP contribution is -2.42. The maximum atomic E-state index is 12.1. The maximum absolute atomic E-state index is 12.1. The number of ketones is 1. The van der Waals surface area contributed by atoms with Crippen molar-refractivity contribution in [3.63, 3.8) is 0 Å². The van der Waals surface area contributed by atoms with Crippen molar-refractivity contribution in [1.82, 2.24) is 4.90 Å². The quantitative estimate of drug-likeness (QED) is 0.688. The van der Waals surface area contributed by atoms with E-state index in [2.05, 4.69) is 4.74 Å². The normalized spacial score (nSPS) is 12.5. The van der Waals surface area contributed by atoms with Gasteiger partial charge >= 0.3 is 6.18 Å². The maximum Gasteiger partial charge on any atom is 0.401 e. The number of carbonyl (C=O) groups excluding carboxylic acids is 1. The molecule has 15 heavy (non-hydrogen) atoms. The van der Waals surface area contributed by atoms with Crippen LogP contribution in [-0.4, -0.2) is 49.7 Å². The standard InChI is InChI=1S/C9H16F3NO2/c1-7(2)13(6-9(10,11)12)4-8(14)5-15-3/h7H,4-6H2,1-3H3. The van der Waals surface area contributed by atoms with Crippen LogP contribution in [0.2, 0.25) is 0 Å². The van der Waals surface area contributed by atoms with Gasteiger partial charge in [0.05, 0.1) is 13.1 Å². The Morgan fingerprint density at radius 3 is 2.27 bits per heavy atom. The molecule has 0 aromatic carbocycles. The van der Waals surface area contributed by atoms with Gasteiger partial charge in [0, 0.05) is 13.2 Å². The van der Waals surface area contributed by atoms with E-state index < -0.39 is 12.7 Å². The van der Waals surface area contributed by atoms with Gasteiger partial charge in [0.2, 0.25) is 0 Å². The van der Waals surface area contributed by atoms with Crippen molar-refractivity contribution >= 4 is 5.78 Å². The third kappa shape index (κ3) is 7.33. The van der Waals surface area contributed by atoms with Crippen molar-refractivity contribution in [2.24, 2.45) is 0 Å². The van der Waals surface area contributed by atoms with Crippen molar-refractivity contribution in [3.05, 3.63) is 0 Å². The molecule has 0 atom stereocenters. The lowest BCUT2D eigenvalue weighted by Gasteiger charge is -2.26. The van der Waals surface area contributed by atoms with Crippen LogP contribution in [0, 0.1) is 0 Å². The molecular formula is C9H16F3NO2. The second kappa shape index (κ2) is 6.07. The number of hydrogen-bond acceptors (Lipinski definition) is 3. The number of alkyl halides is 3. The fourth-order valence-corrected chi connectivity index (χ4v) is 1.08. The smallest absolute Gasteiger partial charge is 0.377 e. The molecule has 0 aliphatic heterocycles. The molecular weight excluding hydrogens is 211 g/mol. The molecule has 0 saturated heterocycles. The van der Waals surface area contributed by atoms with E-state index in [9.17, 15) is 18.0 Å². The Kier molecular flexibility index (Phi) is 5.82. The van der Waals surface area contributed by atoms with Crippen LogP contribution in [0.3, 0.4) is 0 Å². The first-order valence-corrected chi connectivity index (χ1v) is 4.57. The van der Waals surface area contributed by atoms with Gasteiger partial charge < -0.3 is 4.74 Å². The molecule has 0 amide bonds. The first-order valence-electron chi connectivity index (χ1n) is 4.57. The average molecular weight is 227 g/mol. The summed E-state index contributed by atoms with van der Waals surface area (Å²) in [7, 11) is 1.33. The van der Waals surface area contributed by atoms with Gasteiger partial charge in [-0.3, -0.25) is 9.69 Å². The minimum Gasteiger partial charge on any atom is -0.377 e. The topological polar surface area (TPSA) is 29.5 Å². The average Bonchev–Trinajstić information content (AvgIpc) is 2.00. The molecule has 0 heterocycles. The summed E-state index contributed by atoms with van der Waals surface area (Å²) in [5.74, 6) is -0.351. The highest BCUT2D eigenvalue weighted by Gasteiger charge is 2.32. The Labute approximate surface area is 87.2 Å². The van der Waals surface area contributed by atoms with E-state index in [0.29, 0.717) is 0 Å². The summed E-state index contributed by atoms with van der Waals surface area (Å²) in [6.07, 6.45) is -4.28. The van der Waals surface area contributed by atoms with Crippen LogP contribution in [0.25, 0.3) is 0 Å². The van der Waals surface area contributed by atoms with Crippen molar-refractivity contribution < 1.29 is 22.7 Å². The molecule has 0 rings (SSSR count). The minimum absolute atomic E-state index is 0.152. The highest BCUT2D eigenvalue weighted by atomic mass is 19.4. The Morgan fingerprint density at radius 2 is 1.93 bits per heavy atom. The summed E-state index contributed by atoms with van der Waals surface area (Å²) in [5, 5.41) is 0. The van der Waals surface area contributed by atoms with Crippen molar-refractivity contribution in [3.8, 4) is 0 Å². The molecule has 0 spiro atoms. The van der Waals surface area contributed by atoms with Crippen LogP contribution in [0.1, 0.15) is 13.8 Å². The number of nitrogens with zero attached hydrogens (tertiary/aromatic N) is 1. The van der Waals surface area contributed by atoms with E-state index in [1.165, 1.54) is 7.11 Å². The molecule has 0 aliphatic carbocycles. The summed E-state index contributed by atoms with van der Waals surface area (Å²) in [6.45, 7) is 1.78. The Bertz CT molecular complexity index is 204. The third-order valence-electron chi connectivity index (χ3n) is 1.80. The monoisotopic (exact) mass is 227 g/mol. The molecule has 0 N–H and O–H groups in total. The summed E-state index contributed by atoms with van der Waals surface area (Å²) >= 11 is 0. The molecule has 0 aromatic rings. The molecule has 90 valence electrons. The summed E-state index contributed by atoms with van der Waals surface area (Å²) < 4.78 is 40.9. The number of ether oxygens (including phenoxy) is 1. The Balaban J connectivity index is 4.23. The zero-order chi connectivity index (χ0) is 12.1. The molecule has 0 unspecified atom stereocenters. The number of carbonyl (C=O) groups is 1. The molecule has 0 aliphatic rings. The van der Waals surface area contributed by atoms with Crippen molar-refractivity contribution in [1.29, 1.82) is 0 Å². The molecule has 3 nitrogen and oxygen atoms in total. The van der Waals surface area contributed by atoms with Gasteiger partial charge in [0.25, 0.3) is 0 Å². The summed E-state index contributed by atoms with van der Waals surface area (Å²) in [6, 6.07) is -0.326. The fourth-order valence-electron chi connectivity index (χ4n) is 1.08. The van der Waals surface area contributed by atoms with Crippen LogP contribution < -0.4 is 0 Å². The molecule has 0 bridgehead atoms. The third-order valence-corrected chi connectivity index (χ3v) is 1.80. The Hall–Kier alpha value is -0.620. The van der Waals surface area contributed by atoms with Crippen LogP contribution in [0.4, 0.5) is 13.2 Å². The van der Waals surface area contributed by atoms with Crippen LogP contribution in [0.15, 0.2) is 0 Å². The van der Waals surface area contributed by atoms with Gasteiger partial charge in [-0.2, -0.15) is 13.2 Å². The number of halogens is 3. The van der Waals surface area contributed by atoms with Crippen LogP contribution in [-0.2, 0) is 9.53 Å². The number of methoxy groups -OCH3 is 1. The van der Waals surface area contributed by atoms with E-state index in [0.717, 1.165) is 4.90 Å². The first kappa shape index (κ1) is 14.4. The summed E-state index contributed by atoms with van der Waals surface area (Å²) in [5.41, 5.74) is 0. The van der Waals surface area contributed by atoms with E-state index in [-0.39, 0.29) is 25.0 Å². The molecule has 6 heteroatoms. The highest BCUT2D eigenvalue weighted by molar-refractivity contribution is 5.81. The molecule has 0 saturated carbocycles. The fraction of sp³-hybridized carbons (Fsp3) is 0.889. The SMILES string of the molecule is COCC(=O)CN(CC(F)(F)F)C(C)C. The van der Waals surface area contributed by atoms with Gasteiger partial charge in [-0.05, 0) is 13.8 Å².